The summed E-state index contributed by atoms with van der Waals surface area (Å²) in [6, 6.07) is 0. The van der Waals surface area contributed by atoms with E-state index in [9.17, 15) is 4.79 Å². The summed E-state index contributed by atoms with van der Waals surface area (Å²) in [6.45, 7) is 4.86. The molecule has 0 saturated heterocycles. The number of hydrogen-bond acceptors (Lipinski definition) is 3. The minimum absolute atomic E-state index is 0.0677. The number of carbonyl (C=O) groups is 1. The zero-order valence-corrected chi connectivity index (χ0v) is 5.74. The van der Waals surface area contributed by atoms with Gasteiger partial charge in [0.2, 0.25) is 0 Å². The third kappa shape index (κ3) is 2.76. The molecule has 10 heavy (non-hydrogen) atoms. The Kier molecular flexibility index (Phi) is 3.79. The third-order valence-corrected chi connectivity index (χ3v) is 0.769. The van der Waals surface area contributed by atoms with Gasteiger partial charge in [0.1, 0.15) is 5.70 Å². The van der Waals surface area contributed by atoms with Crippen LogP contribution in [0.3, 0.4) is 0 Å². The fourth-order valence-corrected chi connectivity index (χ4v) is 0.328. The number of nitrogens with zero attached hydrogens (tertiary/aromatic N) is 2. The van der Waals surface area contributed by atoms with Gasteiger partial charge in [-0.2, -0.15) is 0 Å². The van der Waals surface area contributed by atoms with Crippen molar-refractivity contribution in [2.45, 2.75) is 6.92 Å². The van der Waals surface area contributed by atoms with Crippen LogP contribution in [-0.4, -0.2) is 18.8 Å². The van der Waals surface area contributed by atoms with Crippen LogP contribution in [0.25, 0.3) is 0 Å². The Morgan fingerprint density at radius 2 is 2.30 bits per heavy atom. The Labute approximate surface area is 59.2 Å². The van der Waals surface area contributed by atoms with Crippen LogP contribution >= 0.6 is 0 Å². The van der Waals surface area contributed by atoms with Crippen molar-refractivity contribution in [1.82, 2.24) is 0 Å². The molecule has 0 aromatic carbocycles. The van der Waals surface area contributed by atoms with E-state index >= 15 is 0 Å². The Morgan fingerprint density at radius 3 is 2.60 bits per heavy atom. The normalized spacial score (nSPS) is 11.9. The zero-order valence-electron chi connectivity index (χ0n) is 5.74. The van der Waals surface area contributed by atoms with E-state index in [0.717, 1.165) is 0 Å². The van der Waals surface area contributed by atoms with E-state index in [1.54, 1.807) is 6.92 Å². The average molecular weight is 139 g/mol. The number of nitrogens with two attached hydrogens (primary N) is 1. The average Bonchev–Trinajstić information content (AvgIpc) is 1.89. The van der Waals surface area contributed by atoms with E-state index in [1.165, 1.54) is 12.4 Å². The molecule has 0 saturated carbocycles. The largest absolute Gasteiger partial charge is 0.364 e. The first kappa shape index (κ1) is 8.55. The van der Waals surface area contributed by atoms with Crippen LogP contribution in [0.5, 0.6) is 0 Å². The smallest absolute Gasteiger partial charge is 0.268 e. The second-order valence-electron chi connectivity index (χ2n) is 1.44. The highest BCUT2D eigenvalue weighted by atomic mass is 16.1. The molecule has 0 heterocycles. The van der Waals surface area contributed by atoms with E-state index in [4.69, 9.17) is 5.73 Å². The first-order chi connectivity index (χ1) is 4.72. The summed E-state index contributed by atoms with van der Waals surface area (Å²) < 4.78 is 0. The van der Waals surface area contributed by atoms with E-state index in [0.29, 0.717) is 0 Å². The fourth-order valence-electron chi connectivity index (χ4n) is 0.328. The molecular formula is C6H9N3O. The van der Waals surface area contributed by atoms with Gasteiger partial charge in [-0.1, -0.05) is 0 Å². The summed E-state index contributed by atoms with van der Waals surface area (Å²) in [4.78, 5) is 17.4. The van der Waals surface area contributed by atoms with Crippen molar-refractivity contribution >= 4 is 18.8 Å². The fraction of sp³-hybridized carbons (Fsp3) is 0.167. The summed E-state index contributed by atoms with van der Waals surface area (Å²) in [7, 11) is 0. The second-order valence-corrected chi connectivity index (χ2v) is 1.44. The van der Waals surface area contributed by atoms with Crippen molar-refractivity contribution in [3.63, 3.8) is 0 Å². The zero-order chi connectivity index (χ0) is 7.98. The van der Waals surface area contributed by atoms with Crippen LogP contribution in [0.1, 0.15) is 6.92 Å². The summed E-state index contributed by atoms with van der Waals surface area (Å²) >= 11 is 0. The molecule has 4 heteroatoms. The molecule has 0 unspecified atom stereocenters. The van der Waals surface area contributed by atoms with E-state index in [1.807, 2.05) is 0 Å². The minimum atomic E-state index is -0.624. The van der Waals surface area contributed by atoms with Crippen molar-refractivity contribution in [2.24, 2.45) is 15.7 Å². The predicted octanol–water partition coefficient (Wildman–Crippen LogP) is 0.104. The van der Waals surface area contributed by atoms with Gasteiger partial charge in [0.15, 0.2) is 0 Å². The maximum absolute atomic E-state index is 10.4. The number of carbonyl (C=O) groups excluding carboxylic acids is 1. The number of primary amides is 1. The molecule has 0 aliphatic carbocycles. The number of aliphatic imine (C=N–C) groups is 2. The first-order valence-electron chi connectivity index (χ1n) is 2.67. The van der Waals surface area contributed by atoms with Crippen molar-refractivity contribution < 1.29 is 4.79 Å². The molecule has 0 bridgehead atoms. The maximum atomic E-state index is 10.4. The maximum Gasteiger partial charge on any atom is 0.268 e. The highest BCUT2D eigenvalue weighted by Crippen LogP contribution is 1.92. The Hall–Kier alpha value is -1.45. The van der Waals surface area contributed by atoms with E-state index < -0.39 is 5.91 Å². The van der Waals surface area contributed by atoms with Gasteiger partial charge in [-0.3, -0.25) is 14.8 Å². The summed E-state index contributed by atoms with van der Waals surface area (Å²) in [5.74, 6) is -0.624. The molecule has 0 radical (unpaired) electrons. The van der Waals surface area contributed by atoms with E-state index in [-0.39, 0.29) is 5.70 Å². The van der Waals surface area contributed by atoms with Gasteiger partial charge < -0.3 is 5.73 Å². The minimum Gasteiger partial charge on any atom is -0.364 e. The number of hydrogen-bond donors (Lipinski definition) is 1. The summed E-state index contributed by atoms with van der Waals surface area (Å²) in [5, 5.41) is 0. The molecule has 0 spiro atoms. The van der Waals surface area contributed by atoms with Crippen LogP contribution in [0, 0.1) is 0 Å². The van der Waals surface area contributed by atoms with Crippen molar-refractivity contribution in [3.05, 3.63) is 11.9 Å². The monoisotopic (exact) mass is 139 g/mol. The molecule has 0 aromatic heterocycles. The summed E-state index contributed by atoms with van der Waals surface area (Å²) in [5.41, 5.74) is 4.94. The molecule has 0 aromatic rings. The highest BCUT2D eigenvalue weighted by molar-refractivity contribution is 5.92. The molecule has 4 nitrogen and oxygen atoms in total. The third-order valence-electron chi connectivity index (χ3n) is 0.769. The van der Waals surface area contributed by atoms with Crippen LogP contribution in [0.2, 0.25) is 0 Å². The lowest BCUT2D eigenvalue weighted by Gasteiger charge is -1.88. The van der Waals surface area contributed by atoms with Crippen molar-refractivity contribution in [2.75, 3.05) is 0 Å². The number of amides is 1. The quantitative estimate of drug-likeness (QED) is 0.437. The molecule has 1 amide bonds. The van der Waals surface area contributed by atoms with Crippen LogP contribution in [0.15, 0.2) is 21.9 Å². The molecular weight excluding hydrogens is 130 g/mol. The van der Waals surface area contributed by atoms with Crippen LogP contribution < -0.4 is 5.73 Å². The Balaban J connectivity index is 4.33. The Bertz CT molecular complexity index is 193. The van der Waals surface area contributed by atoms with Gasteiger partial charge in [0, 0.05) is 6.21 Å². The molecule has 54 valence electrons. The Morgan fingerprint density at radius 1 is 1.70 bits per heavy atom. The second kappa shape index (κ2) is 4.43. The molecule has 0 aliphatic rings. The highest BCUT2D eigenvalue weighted by Gasteiger charge is 1.97. The lowest BCUT2D eigenvalue weighted by molar-refractivity contribution is -0.114. The standard InChI is InChI=1S/C6H9N3O/c1-3-9-4-5(8-2)6(7)10/h3-4H,2H2,1H3,(H2,7,10)/b5-4-,9-3?. The number of rotatable bonds is 3. The van der Waals surface area contributed by atoms with Gasteiger partial charge in [0.25, 0.3) is 5.91 Å². The summed E-state index contributed by atoms with van der Waals surface area (Å²) in [6.07, 6.45) is 2.78. The molecule has 0 aliphatic heterocycles. The van der Waals surface area contributed by atoms with Gasteiger partial charge in [0.05, 0.1) is 6.20 Å². The van der Waals surface area contributed by atoms with Crippen LogP contribution in [0.4, 0.5) is 0 Å². The van der Waals surface area contributed by atoms with Crippen LogP contribution in [-0.2, 0) is 4.79 Å². The van der Waals surface area contributed by atoms with Gasteiger partial charge in [-0.15, -0.1) is 0 Å². The first-order valence-corrected chi connectivity index (χ1v) is 2.67. The molecule has 0 atom stereocenters. The van der Waals surface area contributed by atoms with Gasteiger partial charge in [-0.05, 0) is 13.6 Å². The lowest BCUT2D eigenvalue weighted by Crippen LogP contribution is -2.11. The van der Waals surface area contributed by atoms with Crippen molar-refractivity contribution in [1.29, 1.82) is 0 Å². The van der Waals surface area contributed by atoms with E-state index in [2.05, 4.69) is 16.7 Å². The molecule has 0 rings (SSSR count). The van der Waals surface area contributed by atoms with Gasteiger partial charge in [-0.25, -0.2) is 0 Å². The van der Waals surface area contributed by atoms with Gasteiger partial charge >= 0.3 is 0 Å². The van der Waals surface area contributed by atoms with Crippen molar-refractivity contribution in [3.8, 4) is 0 Å². The topological polar surface area (TPSA) is 67.8 Å². The predicted molar refractivity (Wildman–Crippen MR) is 41.0 cm³/mol. The SMILES string of the molecule is C=N/C(=C\N=CC)C(N)=O. The lowest BCUT2D eigenvalue weighted by atomic mass is 10.5. The molecule has 2 N–H and O–H groups in total. The molecule has 0 fully saturated rings.